The summed E-state index contributed by atoms with van der Waals surface area (Å²) in [7, 11) is 0. The van der Waals surface area contributed by atoms with Crippen molar-refractivity contribution < 1.29 is 0 Å². The molecule has 1 aliphatic heterocycles. The third-order valence-corrected chi connectivity index (χ3v) is 5.21. The van der Waals surface area contributed by atoms with Crippen LogP contribution in [-0.4, -0.2) is 4.99 Å². The van der Waals surface area contributed by atoms with E-state index in [9.17, 15) is 0 Å². The van der Waals surface area contributed by atoms with Gasteiger partial charge in [-0.05, 0) is 40.8 Å². The number of piperidine rings is 1. The fourth-order valence-electron chi connectivity index (χ4n) is 3.41. The molecule has 0 aromatic heterocycles. The van der Waals surface area contributed by atoms with Crippen LogP contribution in [0.4, 0.5) is 0 Å². The van der Waals surface area contributed by atoms with Crippen molar-refractivity contribution in [3.8, 4) is 0 Å². The van der Waals surface area contributed by atoms with E-state index in [0.29, 0.717) is 10.0 Å². The summed E-state index contributed by atoms with van der Waals surface area (Å²) in [6.07, 6.45) is 1.86. The Kier molecular flexibility index (Phi) is 3.48. The standard InChI is InChI=1S/C18H13Cl2NS/c19-10-5-6-13(15(20)9-10)17-11-3-1-2-4-12(11)18-14(17)7-8-16(22)21-18/h1-6,9,18H,7-8H2,(H,21,22). The zero-order valence-electron chi connectivity index (χ0n) is 11.7. The molecule has 4 rings (SSSR count). The highest BCUT2D eigenvalue weighted by molar-refractivity contribution is 7.80. The molecule has 4 heteroatoms. The summed E-state index contributed by atoms with van der Waals surface area (Å²) in [6.45, 7) is 0. The maximum Gasteiger partial charge on any atom is 0.0763 e. The maximum atomic E-state index is 6.47. The van der Waals surface area contributed by atoms with Crippen LogP contribution in [-0.2, 0) is 0 Å². The second-order valence-electron chi connectivity index (χ2n) is 5.61. The summed E-state index contributed by atoms with van der Waals surface area (Å²) in [6, 6.07) is 14.4. The molecule has 0 radical (unpaired) electrons. The van der Waals surface area contributed by atoms with Crippen molar-refractivity contribution in [1.29, 1.82) is 0 Å². The van der Waals surface area contributed by atoms with Gasteiger partial charge < -0.3 is 5.32 Å². The first-order valence-corrected chi connectivity index (χ1v) is 8.38. The lowest BCUT2D eigenvalue weighted by molar-refractivity contribution is 0.679. The third kappa shape index (κ3) is 2.18. The molecule has 0 saturated carbocycles. The van der Waals surface area contributed by atoms with Crippen LogP contribution in [0, 0.1) is 0 Å². The fraction of sp³-hybridized carbons (Fsp3) is 0.167. The summed E-state index contributed by atoms with van der Waals surface area (Å²) in [5.41, 5.74) is 6.17. The lowest BCUT2D eigenvalue weighted by atomic mass is 9.93. The molecule has 0 spiro atoms. The molecule has 1 atom stereocenters. The van der Waals surface area contributed by atoms with Crippen LogP contribution in [0.5, 0.6) is 0 Å². The van der Waals surface area contributed by atoms with E-state index in [4.69, 9.17) is 35.4 Å². The van der Waals surface area contributed by atoms with Crippen LogP contribution in [0.25, 0.3) is 5.57 Å². The lowest BCUT2D eigenvalue weighted by Gasteiger charge is -2.26. The predicted molar refractivity (Wildman–Crippen MR) is 96.6 cm³/mol. The van der Waals surface area contributed by atoms with Crippen molar-refractivity contribution in [2.45, 2.75) is 18.9 Å². The summed E-state index contributed by atoms with van der Waals surface area (Å²) in [4.78, 5) is 0.937. The summed E-state index contributed by atoms with van der Waals surface area (Å²) >= 11 is 17.9. The Bertz CT molecular complexity index is 826. The average Bonchev–Trinajstić information content (AvgIpc) is 2.82. The lowest BCUT2D eigenvalue weighted by Crippen LogP contribution is -2.31. The number of benzene rings is 2. The molecule has 110 valence electrons. The van der Waals surface area contributed by atoms with Crippen molar-refractivity contribution >= 4 is 46.0 Å². The number of hydrogen-bond donors (Lipinski definition) is 1. The Hall–Kier alpha value is -1.35. The molecule has 0 amide bonds. The molecule has 1 aliphatic carbocycles. The molecule has 1 fully saturated rings. The van der Waals surface area contributed by atoms with Crippen molar-refractivity contribution in [2.75, 3.05) is 0 Å². The Morgan fingerprint density at radius 3 is 2.64 bits per heavy atom. The van der Waals surface area contributed by atoms with Gasteiger partial charge in [-0.1, -0.05) is 65.8 Å². The number of hydrogen-bond acceptors (Lipinski definition) is 1. The van der Waals surface area contributed by atoms with Gasteiger partial charge in [0, 0.05) is 22.0 Å². The van der Waals surface area contributed by atoms with Crippen LogP contribution < -0.4 is 5.32 Å². The topological polar surface area (TPSA) is 12.0 Å². The Labute approximate surface area is 144 Å². The number of fused-ring (bicyclic) bond motifs is 3. The Balaban J connectivity index is 1.96. The third-order valence-electron chi connectivity index (χ3n) is 4.34. The monoisotopic (exact) mass is 345 g/mol. The molecule has 1 heterocycles. The fourth-order valence-corrected chi connectivity index (χ4v) is 4.13. The molecule has 2 aromatic rings. The van der Waals surface area contributed by atoms with Gasteiger partial charge in [0.2, 0.25) is 0 Å². The van der Waals surface area contributed by atoms with Crippen LogP contribution in [0.2, 0.25) is 10.0 Å². The largest absolute Gasteiger partial charge is 0.369 e. The molecular weight excluding hydrogens is 333 g/mol. The zero-order chi connectivity index (χ0) is 15.3. The van der Waals surface area contributed by atoms with Crippen molar-refractivity contribution in [1.82, 2.24) is 5.32 Å². The summed E-state index contributed by atoms with van der Waals surface area (Å²) in [5, 5.41) is 4.82. The minimum absolute atomic E-state index is 0.180. The molecule has 2 aliphatic rings. The van der Waals surface area contributed by atoms with E-state index in [-0.39, 0.29) is 6.04 Å². The van der Waals surface area contributed by atoms with E-state index < -0.39 is 0 Å². The van der Waals surface area contributed by atoms with Crippen LogP contribution in [0.15, 0.2) is 48.0 Å². The first-order chi connectivity index (χ1) is 10.6. The van der Waals surface area contributed by atoms with Gasteiger partial charge in [0.15, 0.2) is 0 Å². The normalized spacial score (nSPS) is 19.7. The van der Waals surface area contributed by atoms with E-state index in [1.807, 2.05) is 18.2 Å². The molecular formula is C18H13Cl2NS. The van der Waals surface area contributed by atoms with Gasteiger partial charge in [-0.15, -0.1) is 0 Å². The second-order valence-corrected chi connectivity index (χ2v) is 6.95. The SMILES string of the molecule is S=C1CCC2=C(c3ccc(Cl)cc3Cl)c3ccccc3C2N1. The Morgan fingerprint density at radius 1 is 1.00 bits per heavy atom. The van der Waals surface area contributed by atoms with E-state index in [2.05, 4.69) is 29.6 Å². The van der Waals surface area contributed by atoms with Gasteiger partial charge in [-0.25, -0.2) is 0 Å². The summed E-state index contributed by atoms with van der Waals surface area (Å²) in [5.74, 6) is 0. The van der Waals surface area contributed by atoms with E-state index in [1.54, 1.807) is 0 Å². The minimum Gasteiger partial charge on any atom is -0.369 e. The number of rotatable bonds is 1. The van der Waals surface area contributed by atoms with Gasteiger partial charge in [-0.3, -0.25) is 0 Å². The zero-order valence-corrected chi connectivity index (χ0v) is 14.0. The average molecular weight is 346 g/mol. The van der Waals surface area contributed by atoms with E-state index in [1.165, 1.54) is 22.3 Å². The van der Waals surface area contributed by atoms with Crippen molar-refractivity contribution in [3.05, 3.63) is 74.8 Å². The first kappa shape index (κ1) is 14.3. The van der Waals surface area contributed by atoms with Crippen LogP contribution in [0.3, 0.4) is 0 Å². The van der Waals surface area contributed by atoms with Gasteiger partial charge >= 0.3 is 0 Å². The number of nitrogens with one attached hydrogen (secondary N) is 1. The number of thiocarbonyl (C=S) groups is 1. The molecule has 0 bridgehead atoms. The molecule has 2 aromatic carbocycles. The highest BCUT2D eigenvalue weighted by atomic mass is 35.5. The van der Waals surface area contributed by atoms with Crippen molar-refractivity contribution in [3.63, 3.8) is 0 Å². The van der Waals surface area contributed by atoms with Crippen molar-refractivity contribution in [2.24, 2.45) is 0 Å². The smallest absolute Gasteiger partial charge is 0.0763 e. The highest BCUT2D eigenvalue weighted by Crippen LogP contribution is 2.48. The first-order valence-electron chi connectivity index (χ1n) is 7.22. The molecule has 1 N–H and O–H groups in total. The van der Waals surface area contributed by atoms with Crippen LogP contribution >= 0.6 is 35.4 Å². The highest BCUT2D eigenvalue weighted by Gasteiger charge is 2.34. The van der Waals surface area contributed by atoms with Gasteiger partial charge in [0.1, 0.15) is 0 Å². The summed E-state index contributed by atoms with van der Waals surface area (Å²) < 4.78 is 0. The van der Waals surface area contributed by atoms with Gasteiger partial charge in [0.05, 0.1) is 11.0 Å². The molecule has 1 saturated heterocycles. The quantitative estimate of drug-likeness (QED) is 0.679. The van der Waals surface area contributed by atoms with E-state index in [0.717, 1.165) is 23.4 Å². The second kappa shape index (κ2) is 5.38. The minimum atomic E-state index is 0.180. The molecule has 22 heavy (non-hydrogen) atoms. The van der Waals surface area contributed by atoms with Gasteiger partial charge in [0.25, 0.3) is 0 Å². The van der Waals surface area contributed by atoms with E-state index >= 15 is 0 Å². The predicted octanol–water partition coefficient (Wildman–Crippen LogP) is 5.56. The maximum absolute atomic E-state index is 6.47. The van der Waals surface area contributed by atoms with Gasteiger partial charge in [-0.2, -0.15) is 0 Å². The Morgan fingerprint density at radius 2 is 1.82 bits per heavy atom. The van der Waals surface area contributed by atoms with Crippen LogP contribution in [0.1, 0.15) is 35.6 Å². The number of halogens is 2. The molecule has 1 nitrogen and oxygen atoms in total. The molecule has 1 unspecified atom stereocenters.